The minimum atomic E-state index is -0.399. The second-order valence-corrected chi connectivity index (χ2v) is 6.08. The highest BCUT2D eigenvalue weighted by Crippen LogP contribution is 2.23. The van der Waals surface area contributed by atoms with Gasteiger partial charge in [0.05, 0.1) is 0 Å². The summed E-state index contributed by atoms with van der Waals surface area (Å²) in [6.45, 7) is 4.06. The summed E-state index contributed by atoms with van der Waals surface area (Å²) in [6.07, 6.45) is 3.50. The van der Waals surface area contributed by atoms with Gasteiger partial charge in [0.1, 0.15) is 11.3 Å². The molecule has 1 N–H and O–H groups in total. The van der Waals surface area contributed by atoms with E-state index in [0.29, 0.717) is 12.1 Å². The van der Waals surface area contributed by atoms with Gasteiger partial charge in [-0.1, -0.05) is 0 Å². The lowest BCUT2D eigenvalue weighted by Gasteiger charge is -2.34. The first-order valence-corrected chi connectivity index (χ1v) is 8.19. The van der Waals surface area contributed by atoms with Gasteiger partial charge in [-0.3, -0.25) is 4.90 Å². The van der Waals surface area contributed by atoms with Crippen molar-refractivity contribution < 1.29 is 9.52 Å². The molecule has 0 radical (unpaired) electrons. The molecule has 0 saturated carbocycles. The number of phenolic OH excluding ortho intramolecular Hbond substituents is 1. The minimum absolute atomic E-state index is 0.0873. The van der Waals surface area contributed by atoms with Gasteiger partial charge in [0.2, 0.25) is 5.95 Å². The van der Waals surface area contributed by atoms with Crippen LogP contribution in [0.4, 0.5) is 5.95 Å². The molecule has 7 heteroatoms. The summed E-state index contributed by atoms with van der Waals surface area (Å²) in [6, 6.07) is 8.22. The zero-order valence-corrected chi connectivity index (χ0v) is 13.6. The molecule has 0 unspecified atom stereocenters. The van der Waals surface area contributed by atoms with Gasteiger partial charge in [-0.25, -0.2) is 14.8 Å². The Morgan fingerprint density at radius 3 is 2.60 bits per heavy atom. The van der Waals surface area contributed by atoms with Crippen molar-refractivity contribution in [1.82, 2.24) is 14.9 Å². The Morgan fingerprint density at radius 1 is 1.08 bits per heavy atom. The summed E-state index contributed by atoms with van der Waals surface area (Å²) in [5.41, 5.74) is 0.930. The van der Waals surface area contributed by atoms with E-state index in [4.69, 9.17) is 4.42 Å². The molecule has 4 rings (SSSR count). The standard InChI is InChI=1S/C18H18N4O3/c23-14-2-3-15-13(10-17(24)25-16(15)11-14)12-21-6-8-22(9-7-21)18-19-4-1-5-20-18/h1-5,10-11,23H,6-9,12H2. The first-order valence-electron chi connectivity index (χ1n) is 8.19. The predicted molar refractivity (Wildman–Crippen MR) is 93.7 cm³/mol. The average Bonchev–Trinajstić information content (AvgIpc) is 2.62. The summed E-state index contributed by atoms with van der Waals surface area (Å²) < 4.78 is 5.19. The predicted octanol–water partition coefficient (Wildman–Crippen LogP) is 1.61. The number of benzene rings is 1. The SMILES string of the molecule is O=c1cc(CN2CCN(c3ncccn3)CC2)c2ccc(O)cc2o1. The summed E-state index contributed by atoms with van der Waals surface area (Å²) in [5.74, 6) is 0.840. The Bertz CT molecular complexity index is 934. The van der Waals surface area contributed by atoms with Crippen LogP contribution in [0, 0.1) is 0 Å². The lowest BCUT2D eigenvalue weighted by Crippen LogP contribution is -2.46. The van der Waals surface area contributed by atoms with Crippen LogP contribution in [0.5, 0.6) is 5.75 Å². The minimum Gasteiger partial charge on any atom is -0.508 e. The fraction of sp³-hybridized carbons (Fsp3) is 0.278. The molecule has 0 amide bonds. The molecule has 25 heavy (non-hydrogen) atoms. The average molecular weight is 338 g/mol. The lowest BCUT2D eigenvalue weighted by molar-refractivity contribution is 0.249. The molecule has 1 aromatic carbocycles. The topological polar surface area (TPSA) is 82.7 Å². The Morgan fingerprint density at radius 2 is 1.84 bits per heavy atom. The Hall–Kier alpha value is -2.93. The van der Waals surface area contributed by atoms with Gasteiger partial charge < -0.3 is 14.4 Å². The number of anilines is 1. The number of hydrogen-bond donors (Lipinski definition) is 1. The van der Waals surface area contributed by atoms with Crippen molar-refractivity contribution >= 4 is 16.9 Å². The van der Waals surface area contributed by atoms with Gasteiger partial charge in [-0.2, -0.15) is 0 Å². The molecule has 128 valence electrons. The number of hydrogen-bond acceptors (Lipinski definition) is 7. The second kappa shape index (κ2) is 6.52. The van der Waals surface area contributed by atoms with E-state index in [1.54, 1.807) is 24.5 Å². The van der Waals surface area contributed by atoms with E-state index in [2.05, 4.69) is 19.8 Å². The van der Waals surface area contributed by atoms with Crippen molar-refractivity contribution in [1.29, 1.82) is 0 Å². The van der Waals surface area contributed by atoms with Crippen LogP contribution >= 0.6 is 0 Å². The molecule has 7 nitrogen and oxygen atoms in total. The van der Waals surface area contributed by atoms with Crippen LogP contribution in [0.25, 0.3) is 11.0 Å². The Balaban J connectivity index is 1.50. The quantitative estimate of drug-likeness (QED) is 0.727. The third-order valence-corrected chi connectivity index (χ3v) is 4.42. The highest BCUT2D eigenvalue weighted by molar-refractivity contribution is 5.81. The molecule has 0 aliphatic carbocycles. The van der Waals surface area contributed by atoms with Crippen molar-refractivity contribution in [2.75, 3.05) is 31.1 Å². The first kappa shape index (κ1) is 15.6. The van der Waals surface area contributed by atoms with Gasteiger partial charge in [0, 0.05) is 62.6 Å². The van der Waals surface area contributed by atoms with Crippen LogP contribution in [0.3, 0.4) is 0 Å². The lowest BCUT2D eigenvalue weighted by atomic mass is 10.1. The number of nitrogens with zero attached hydrogens (tertiary/aromatic N) is 4. The molecule has 2 aromatic heterocycles. The normalized spacial score (nSPS) is 15.6. The van der Waals surface area contributed by atoms with Crippen molar-refractivity contribution in [3.05, 3.63) is 58.7 Å². The molecular formula is C18H18N4O3. The van der Waals surface area contributed by atoms with Crippen LogP contribution in [0.2, 0.25) is 0 Å². The van der Waals surface area contributed by atoms with Gasteiger partial charge in [0.15, 0.2) is 0 Å². The smallest absolute Gasteiger partial charge is 0.336 e. The maximum Gasteiger partial charge on any atom is 0.336 e. The number of phenols is 1. The van der Waals surface area contributed by atoms with E-state index in [9.17, 15) is 9.90 Å². The maximum absolute atomic E-state index is 11.8. The summed E-state index contributed by atoms with van der Waals surface area (Å²) in [7, 11) is 0. The summed E-state index contributed by atoms with van der Waals surface area (Å²) in [5, 5.41) is 10.4. The van der Waals surface area contributed by atoms with Crippen LogP contribution in [0.15, 0.2) is 51.9 Å². The van der Waals surface area contributed by atoms with Gasteiger partial charge in [-0.15, -0.1) is 0 Å². The van der Waals surface area contributed by atoms with Gasteiger partial charge in [-0.05, 0) is 23.8 Å². The molecule has 1 aliphatic rings. The monoisotopic (exact) mass is 338 g/mol. The molecule has 3 heterocycles. The number of fused-ring (bicyclic) bond motifs is 1. The number of aromatic nitrogens is 2. The highest BCUT2D eigenvalue weighted by atomic mass is 16.4. The molecule has 3 aromatic rings. The summed E-state index contributed by atoms with van der Waals surface area (Å²) >= 11 is 0. The van der Waals surface area contributed by atoms with E-state index in [1.807, 2.05) is 6.07 Å². The fourth-order valence-electron chi connectivity index (χ4n) is 3.15. The van der Waals surface area contributed by atoms with E-state index >= 15 is 0 Å². The Kier molecular flexibility index (Phi) is 4.07. The number of rotatable bonds is 3. The number of aromatic hydroxyl groups is 1. The van der Waals surface area contributed by atoms with Crippen molar-refractivity contribution in [3.8, 4) is 5.75 Å². The molecular weight excluding hydrogens is 320 g/mol. The molecule has 0 bridgehead atoms. The van der Waals surface area contributed by atoms with Crippen LogP contribution in [-0.2, 0) is 6.54 Å². The molecule has 1 fully saturated rings. The van der Waals surface area contributed by atoms with E-state index in [1.165, 1.54) is 12.1 Å². The summed E-state index contributed by atoms with van der Waals surface area (Å²) in [4.78, 5) is 24.8. The van der Waals surface area contributed by atoms with Crippen molar-refractivity contribution in [2.24, 2.45) is 0 Å². The van der Waals surface area contributed by atoms with E-state index in [0.717, 1.165) is 43.1 Å². The van der Waals surface area contributed by atoms with Crippen molar-refractivity contribution in [2.45, 2.75) is 6.54 Å². The van der Waals surface area contributed by atoms with E-state index < -0.39 is 5.63 Å². The number of piperazine rings is 1. The zero-order valence-electron chi connectivity index (χ0n) is 13.6. The molecule has 1 aliphatic heterocycles. The third kappa shape index (κ3) is 3.32. The van der Waals surface area contributed by atoms with Crippen LogP contribution in [0.1, 0.15) is 5.56 Å². The van der Waals surface area contributed by atoms with Crippen molar-refractivity contribution in [3.63, 3.8) is 0 Å². The molecule has 0 spiro atoms. The van der Waals surface area contributed by atoms with E-state index in [-0.39, 0.29) is 5.75 Å². The fourth-order valence-corrected chi connectivity index (χ4v) is 3.15. The Labute approximate surface area is 144 Å². The molecule has 0 atom stereocenters. The van der Waals surface area contributed by atoms with Gasteiger partial charge >= 0.3 is 5.63 Å². The first-order chi connectivity index (χ1) is 12.2. The third-order valence-electron chi connectivity index (χ3n) is 4.42. The maximum atomic E-state index is 11.8. The second-order valence-electron chi connectivity index (χ2n) is 6.08. The zero-order chi connectivity index (χ0) is 17.2. The van der Waals surface area contributed by atoms with Gasteiger partial charge in [0.25, 0.3) is 0 Å². The van der Waals surface area contributed by atoms with Crippen LogP contribution in [-0.4, -0.2) is 46.2 Å². The van der Waals surface area contributed by atoms with Crippen LogP contribution < -0.4 is 10.5 Å². The largest absolute Gasteiger partial charge is 0.508 e. The highest BCUT2D eigenvalue weighted by Gasteiger charge is 2.20. The molecule has 1 saturated heterocycles.